The zero-order valence-electron chi connectivity index (χ0n) is 8.66. The van der Waals surface area contributed by atoms with Gasteiger partial charge in [-0.1, -0.05) is 5.16 Å². The fourth-order valence-electron chi connectivity index (χ4n) is 1.18. The molecule has 0 aliphatic rings. The summed E-state index contributed by atoms with van der Waals surface area (Å²) in [5, 5.41) is 7.63. The first-order chi connectivity index (χ1) is 7.79. The van der Waals surface area contributed by atoms with E-state index in [1.54, 1.807) is 13.1 Å². The highest BCUT2D eigenvalue weighted by atomic mass is 16.5. The van der Waals surface area contributed by atoms with Gasteiger partial charge in [-0.3, -0.25) is 4.68 Å². The van der Waals surface area contributed by atoms with Crippen LogP contribution in [0.2, 0.25) is 0 Å². The van der Waals surface area contributed by atoms with Crippen LogP contribution in [0.15, 0.2) is 23.3 Å². The number of carbonyl (C=O) groups is 1. The zero-order chi connectivity index (χ0) is 11.4. The molecule has 2 heterocycles. The van der Waals surface area contributed by atoms with Gasteiger partial charge < -0.3 is 9.26 Å². The van der Waals surface area contributed by atoms with E-state index in [1.807, 2.05) is 0 Å². The summed E-state index contributed by atoms with van der Waals surface area (Å²) in [5.41, 5.74) is 0.408. The topological polar surface area (TPSA) is 83.0 Å². The number of nitrogens with zero attached hydrogens (tertiary/aromatic N) is 4. The van der Waals surface area contributed by atoms with Crippen LogP contribution in [0.5, 0.6) is 0 Å². The van der Waals surface area contributed by atoms with Crippen molar-refractivity contribution in [3.8, 4) is 0 Å². The quantitative estimate of drug-likeness (QED) is 0.700. The Morgan fingerprint density at radius 1 is 1.62 bits per heavy atom. The first-order valence-electron chi connectivity index (χ1n) is 4.74. The molecule has 0 saturated heterocycles. The summed E-state index contributed by atoms with van der Waals surface area (Å²) >= 11 is 0. The van der Waals surface area contributed by atoms with E-state index in [0.717, 1.165) is 0 Å². The molecule has 16 heavy (non-hydrogen) atoms. The molecule has 0 aliphatic heterocycles. The molecule has 0 N–H and O–H groups in total. The number of aromatic nitrogens is 4. The predicted octanol–water partition coefficient (Wildman–Crippen LogP) is 0.491. The van der Waals surface area contributed by atoms with Gasteiger partial charge in [-0.2, -0.15) is 10.1 Å². The van der Waals surface area contributed by atoms with Crippen LogP contribution in [0, 0.1) is 0 Å². The predicted molar refractivity (Wildman–Crippen MR) is 51.6 cm³/mol. The van der Waals surface area contributed by atoms with Gasteiger partial charge in [0.1, 0.15) is 6.54 Å². The molecule has 2 aromatic rings. The Kier molecular flexibility index (Phi) is 2.95. The van der Waals surface area contributed by atoms with E-state index in [-0.39, 0.29) is 5.97 Å². The highest BCUT2D eigenvalue weighted by molar-refractivity contribution is 5.88. The molecule has 7 nitrogen and oxygen atoms in total. The van der Waals surface area contributed by atoms with Gasteiger partial charge in [0.05, 0.1) is 18.4 Å². The molecule has 0 saturated carbocycles. The summed E-state index contributed by atoms with van der Waals surface area (Å²) < 4.78 is 11.0. The average molecular weight is 222 g/mol. The van der Waals surface area contributed by atoms with E-state index in [9.17, 15) is 4.79 Å². The van der Waals surface area contributed by atoms with Crippen molar-refractivity contribution in [3.05, 3.63) is 30.2 Å². The highest BCUT2D eigenvalue weighted by Crippen LogP contribution is 2.02. The second kappa shape index (κ2) is 4.56. The van der Waals surface area contributed by atoms with Crippen LogP contribution in [0.1, 0.15) is 23.1 Å². The van der Waals surface area contributed by atoms with E-state index >= 15 is 0 Å². The molecule has 0 radical (unpaired) electrons. The monoisotopic (exact) mass is 222 g/mol. The molecular weight excluding hydrogens is 212 g/mol. The van der Waals surface area contributed by atoms with Crippen molar-refractivity contribution in [1.82, 2.24) is 19.9 Å². The van der Waals surface area contributed by atoms with E-state index in [0.29, 0.717) is 24.5 Å². The molecule has 2 rings (SSSR count). The fraction of sp³-hybridized carbons (Fsp3) is 0.333. The second-order valence-corrected chi connectivity index (χ2v) is 2.99. The van der Waals surface area contributed by atoms with E-state index in [2.05, 4.69) is 19.8 Å². The third-order valence-electron chi connectivity index (χ3n) is 1.85. The third-order valence-corrected chi connectivity index (χ3v) is 1.85. The van der Waals surface area contributed by atoms with Gasteiger partial charge in [0.2, 0.25) is 6.39 Å². The molecule has 0 unspecified atom stereocenters. The lowest BCUT2D eigenvalue weighted by atomic mass is 10.4. The van der Waals surface area contributed by atoms with Crippen LogP contribution < -0.4 is 0 Å². The lowest BCUT2D eigenvalue weighted by molar-refractivity contribution is 0.0526. The first kappa shape index (κ1) is 10.3. The van der Waals surface area contributed by atoms with Crippen molar-refractivity contribution >= 4 is 5.97 Å². The SMILES string of the molecule is CCOC(=O)c1cnn(Cc2ncon2)c1. The third kappa shape index (κ3) is 2.25. The van der Waals surface area contributed by atoms with Crippen molar-refractivity contribution in [1.29, 1.82) is 0 Å². The van der Waals surface area contributed by atoms with E-state index in [1.165, 1.54) is 17.3 Å². The minimum Gasteiger partial charge on any atom is -0.462 e. The van der Waals surface area contributed by atoms with Crippen molar-refractivity contribution in [3.63, 3.8) is 0 Å². The average Bonchev–Trinajstić information content (AvgIpc) is 2.90. The summed E-state index contributed by atoms with van der Waals surface area (Å²) in [4.78, 5) is 15.2. The summed E-state index contributed by atoms with van der Waals surface area (Å²) in [7, 11) is 0. The normalized spacial score (nSPS) is 10.3. The van der Waals surface area contributed by atoms with Crippen LogP contribution in [0.4, 0.5) is 0 Å². The molecule has 2 aromatic heterocycles. The number of rotatable bonds is 4. The maximum Gasteiger partial charge on any atom is 0.341 e. The first-order valence-corrected chi connectivity index (χ1v) is 4.74. The molecule has 84 valence electrons. The van der Waals surface area contributed by atoms with Crippen LogP contribution in [0.3, 0.4) is 0 Å². The zero-order valence-corrected chi connectivity index (χ0v) is 8.66. The highest BCUT2D eigenvalue weighted by Gasteiger charge is 2.10. The number of carbonyl (C=O) groups excluding carboxylic acids is 1. The minimum atomic E-state index is -0.387. The molecule has 0 bridgehead atoms. The van der Waals surface area contributed by atoms with Crippen molar-refractivity contribution in [2.75, 3.05) is 6.61 Å². The van der Waals surface area contributed by atoms with Gasteiger partial charge in [-0.15, -0.1) is 0 Å². The van der Waals surface area contributed by atoms with Crippen LogP contribution >= 0.6 is 0 Å². The Hall–Kier alpha value is -2.18. The second-order valence-electron chi connectivity index (χ2n) is 2.99. The largest absolute Gasteiger partial charge is 0.462 e. The maximum absolute atomic E-state index is 11.3. The van der Waals surface area contributed by atoms with Gasteiger partial charge >= 0.3 is 5.97 Å². The molecule has 0 fully saturated rings. The van der Waals surface area contributed by atoms with Gasteiger partial charge in [-0.25, -0.2) is 4.79 Å². The van der Waals surface area contributed by atoms with Gasteiger partial charge in [0.25, 0.3) is 0 Å². The summed E-state index contributed by atoms with van der Waals surface area (Å²) in [6, 6.07) is 0. The summed E-state index contributed by atoms with van der Waals surface area (Å²) in [6.45, 7) is 2.45. The molecule has 0 amide bonds. The molecule has 0 aliphatic carbocycles. The fourth-order valence-corrected chi connectivity index (χ4v) is 1.18. The Labute approximate surface area is 91.0 Å². The lowest BCUT2D eigenvalue weighted by Gasteiger charge is -1.97. The van der Waals surface area contributed by atoms with Crippen molar-refractivity contribution < 1.29 is 14.1 Å². The number of ether oxygens (including phenoxy) is 1. The van der Waals surface area contributed by atoms with Crippen molar-refractivity contribution in [2.45, 2.75) is 13.5 Å². The van der Waals surface area contributed by atoms with Crippen LogP contribution in [0.25, 0.3) is 0 Å². The van der Waals surface area contributed by atoms with Gasteiger partial charge in [-0.05, 0) is 6.92 Å². The Bertz CT molecular complexity index is 463. The molecular formula is C9H10N4O3. The summed E-state index contributed by atoms with van der Waals surface area (Å²) in [5.74, 6) is 0.111. The molecule has 0 atom stereocenters. The molecule has 0 aromatic carbocycles. The number of hydrogen-bond donors (Lipinski definition) is 0. The van der Waals surface area contributed by atoms with Crippen LogP contribution in [-0.2, 0) is 11.3 Å². The minimum absolute atomic E-state index is 0.342. The molecule has 7 heteroatoms. The van der Waals surface area contributed by atoms with Gasteiger partial charge in [0.15, 0.2) is 5.82 Å². The smallest absolute Gasteiger partial charge is 0.341 e. The van der Waals surface area contributed by atoms with Gasteiger partial charge in [0, 0.05) is 6.20 Å². The molecule has 0 spiro atoms. The van der Waals surface area contributed by atoms with Crippen molar-refractivity contribution in [2.24, 2.45) is 0 Å². The van der Waals surface area contributed by atoms with E-state index in [4.69, 9.17) is 4.74 Å². The Morgan fingerprint density at radius 2 is 2.50 bits per heavy atom. The number of hydrogen-bond acceptors (Lipinski definition) is 6. The standard InChI is InChI=1S/C9H10N4O3/c1-2-15-9(14)7-3-11-13(4-7)5-8-10-6-16-12-8/h3-4,6H,2,5H2,1H3. The Morgan fingerprint density at radius 3 is 3.19 bits per heavy atom. The Balaban J connectivity index is 2.05. The lowest BCUT2D eigenvalue weighted by Crippen LogP contribution is -2.04. The summed E-state index contributed by atoms with van der Waals surface area (Å²) in [6.07, 6.45) is 4.26. The number of esters is 1. The van der Waals surface area contributed by atoms with E-state index < -0.39 is 0 Å². The maximum atomic E-state index is 11.3. The van der Waals surface area contributed by atoms with Crippen LogP contribution in [-0.4, -0.2) is 32.5 Å².